The lowest BCUT2D eigenvalue weighted by atomic mass is 9.90. The molecular weight excluding hydrogens is 252 g/mol. The number of aryl methyl sites for hydroxylation is 1. The summed E-state index contributed by atoms with van der Waals surface area (Å²) in [5, 5.41) is 3.97. The van der Waals surface area contributed by atoms with Crippen LogP contribution in [-0.4, -0.2) is 24.6 Å². The van der Waals surface area contributed by atoms with Gasteiger partial charge in [-0.15, -0.1) is 0 Å². The molecule has 2 heterocycles. The zero-order chi connectivity index (χ0) is 13.2. The van der Waals surface area contributed by atoms with E-state index in [1.54, 1.807) is 11.3 Å². The molecule has 1 aromatic heterocycles. The minimum atomic E-state index is -0.771. The molecule has 0 spiro atoms. The van der Waals surface area contributed by atoms with Crippen molar-refractivity contribution in [1.29, 1.82) is 0 Å². The van der Waals surface area contributed by atoms with Gasteiger partial charge in [-0.3, -0.25) is 4.79 Å². The molecule has 0 bridgehead atoms. The lowest BCUT2D eigenvalue weighted by molar-refractivity contribution is -0.163. The molecule has 1 aliphatic rings. The minimum absolute atomic E-state index is 0.288. The molecule has 0 unspecified atom stereocenters. The summed E-state index contributed by atoms with van der Waals surface area (Å²) in [5.74, 6) is -0.790. The average molecular weight is 268 g/mol. The van der Waals surface area contributed by atoms with Crippen molar-refractivity contribution in [1.82, 2.24) is 0 Å². The van der Waals surface area contributed by atoms with Crippen LogP contribution in [0.2, 0.25) is 0 Å². The van der Waals surface area contributed by atoms with Gasteiger partial charge in [0, 0.05) is 11.8 Å². The van der Waals surface area contributed by atoms with Gasteiger partial charge in [0.15, 0.2) is 0 Å². The Morgan fingerprint density at radius 3 is 2.94 bits per heavy atom. The molecule has 1 aromatic rings. The maximum atomic E-state index is 11.7. The van der Waals surface area contributed by atoms with Crippen LogP contribution < -0.4 is 0 Å². The minimum Gasteiger partial charge on any atom is -0.462 e. The number of carbonyl (C=O) groups is 2. The van der Waals surface area contributed by atoms with Crippen molar-refractivity contribution < 1.29 is 19.1 Å². The van der Waals surface area contributed by atoms with Gasteiger partial charge >= 0.3 is 11.9 Å². The second-order valence-electron chi connectivity index (χ2n) is 5.10. The van der Waals surface area contributed by atoms with Crippen molar-refractivity contribution in [2.24, 2.45) is 5.41 Å². The molecule has 0 amide bonds. The average Bonchev–Trinajstić information content (AvgIpc) is 2.90. The van der Waals surface area contributed by atoms with Crippen molar-refractivity contribution in [2.45, 2.75) is 32.8 Å². The number of thiophene rings is 1. The predicted molar refractivity (Wildman–Crippen MR) is 67.3 cm³/mol. The van der Waals surface area contributed by atoms with Crippen LogP contribution in [0, 0.1) is 5.41 Å². The summed E-state index contributed by atoms with van der Waals surface area (Å²) in [5.41, 5.74) is 0.681. The number of hydrogen-bond acceptors (Lipinski definition) is 5. The van der Waals surface area contributed by atoms with Crippen molar-refractivity contribution in [3.8, 4) is 0 Å². The summed E-state index contributed by atoms with van der Waals surface area (Å²) in [6, 6.07) is 1.98. The van der Waals surface area contributed by atoms with Crippen LogP contribution in [0.1, 0.15) is 25.8 Å². The van der Waals surface area contributed by atoms with E-state index in [2.05, 4.69) is 0 Å². The van der Waals surface area contributed by atoms with Gasteiger partial charge in [0.05, 0.1) is 0 Å². The molecule has 98 valence electrons. The Kier molecular flexibility index (Phi) is 3.71. The van der Waals surface area contributed by atoms with Crippen LogP contribution in [-0.2, 0) is 25.5 Å². The molecule has 0 radical (unpaired) electrons. The molecule has 1 atom stereocenters. The molecule has 0 aliphatic carbocycles. The molecule has 1 fully saturated rings. The standard InChI is InChI=1S/C13H16O4S/c1-13(2)8-16-12(15)11(13)17-10(14)4-3-9-5-6-18-7-9/h5-7,11H,3-4,8H2,1-2H3/t11-/m0/s1. The summed E-state index contributed by atoms with van der Waals surface area (Å²) >= 11 is 1.60. The Morgan fingerprint density at radius 2 is 2.39 bits per heavy atom. The maximum absolute atomic E-state index is 11.7. The highest BCUT2D eigenvalue weighted by molar-refractivity contribution is 7.07. The third-order valence-corrected chi connectivity index (χ3v) is 3.69. The first-order valence-corrected chi connectivity index (χ1v) is 6.80. The van der Waals surface area contributed by atoms with E-state index in [0.717, 1.165) is 5.56 Å². The van der Waals surface area contributed by atoms with Crippen LogP contribution in [0.25, 0.3) is 0 Å². The molecule has 1 aliphatic heterocycles. The highest BCUT2D eigenvalue weighted by Crippen LogP contribution is 2.31. The molecule has 1 saturated heterocycles. The topological polar surface area (TPSA) is 52.6 Å². The van der Waals surface area contributed by atoms with Crippen molar-refractivity contribution in [3.63, 3.8) is 0 Å². The van der Waals surface area contributed by atoms with E-state index >= 15 is 0 Å². The van der Waals surface area contributed by atoms with Gasteiger partial charge < -0.3 is 9.47 Å². The Labute approximate surface area is 110 Å². The number of ether oxygens (including phenoxy) is 2. The smallest absolute Gasteiger partial charge is 0.348 e. The summed E-state index contributed by atoms with van der Waals surface area (Å²) in [7, 11) is 0. The summed E-state index contributed by atoms with van der Waals surface area (Å²) in [4.78, 5) is 23.2. The molecule has 5 heteroatoms. The van der Waals surface area contributed by atoms with Gasteiger partial charge in [-0.2, -0.15) is 11.3 Å². The van der Waals surface area contributed by atoms with Gasteiger partial charge in [-0.25, -0.2) is 4.79 Å². The first-order chi connectivity index (χ1) is 8.49. The molecule has 0 aromatic carbocycles. The van der Waals surface area contributed by atoms with E-state index in [-0.39, 0.29) is 12.4 Å². The lowest BCUT2D eigenvalue weighted by Gasteiger charge is -2.21. The fourth-order valence-corrected chi connectivity index (χ4v) is 2.51. The van der Waals surface area contributed by atoms with Crippen LogP contribution in [0.4, 0.5) is 0 Å². The van der Waals surface area contributed by atoms with Crippen molar-refractivity contribution >= 4 is 23.3 Å². The van der Waals surface area contributed by atoms with Gasteiger partial charge in [0.1, 0.15) is 6.61 Å². The number of hydrogen-bond donors (Lipinski definition) is 0. The molecule has 2 rings (SSSR count). The van der Waals surface area contributed by atoms with E-state index in [4.69, 9.17) is 9.47 Å². The first-order valence-electron chi connectivity index (χ1n) is 5.86. The van der Waals surface area contributed by atoms with E-state index < -0.39 is 17.5 Å². The fraction of sp³-hybridized carbons (Fsp3) is 0.538. The number of cyclic esters (lactones) is 1. The molecule has 0 N–H and O–H groups in total. The van der Waals surface area contributed by atoms with Crippen LogP contribution in [0.15, 0.2) is 16.8 Å². The van der Waals surface area contributed by atoms with E-state index in [1.165, 1.54) is 0 Å². The molecule has 4 nitrogen and oxygen atoms in total. The zero-order valence-electron chi connectivity index (χ0n) is 10.5. The Bertz CT molecular complexity index is 436. The summed E-state index contributed by atoms with van der Waals surface area (Å²) in [6.45, 7) is 4.01. The summed E-state index contributed by atoms with van der Waals surface area (Å²) < 4.78 is 10.1. The normalized spacial score (nSPS) is 21.7. The Hall–Kier alpha value is -1.36. The second kappa shape index (κ2) is 5.10. The van der Waals surface area contributed by atoms with Crippen molar-refractivity contribution in [3.05, 3.63) is 22.4 Å². The van der Waals surface area contributed by atoms with E-state index in [9.17, 15) is 9.59 Å². The monoisotopic (exact) mass is 268 g/mol. The van der Waals surface area contributed by atoms with Crippen molar-refractivity contribution in [2.75, 3.05) is 6.61 Å². The number of esters is 2. The first kappa shape index (κ1) is 13.1. The largest absolute Gasteiger partial charge is 0.462 e. The third-order valence-electron chi connectivity index (χ3n) is 2.96. The Balaban J connectivity index is 1.85. The fourth-order valence-electron chi connectivity index (χ4n) is 1.81. The van der Waals surface area contributed by atoms with Gasteiger partial charge in [0.2, 0.25) is 6.10 Å². The highest BCUT2D eigenvalue weighted by Gasteiger charge is 2.46. The van der Waals surface area contributed by atoms with Gasteiger partial charge in [-0.05, 0) is 28.8 Å². The Morgan fingerprint density at radius 1 is 1.61 bits per heavy atom. The van der Waals surface area contributed by atoms with Gasteiger partial charge in [-0.1, -0.05) is 13.8 Å². The van der Waals surface area contributed by atoms with Crippen LogP contribution >= 0.6 is 11.3 Å². The molecule has 0 saturated carbocycles. The molecule has 18 heavy (non-hydrogen) atoms. The maximum Gasteiger partial charge on any atom is 0.348 e. The quantitative estimate of drug-likeness (QED) is 0.785. The predicted octanol–water partition coefficient (Wildman–Crippen LogP) is 2.18. The van der Waals surface area contributed by atoms with Gasteiger partial charge in [0.25, 0.3) is 0 Å². The number of rotatable bonds is 4. The SMILES string of the molecule is CC1(C)COC(=O)[C@@H]1OC(=O)CCc1ccsc1. The van der Waals surface area contributed by atoms with E-state index in [0.29, 0.717) is 13.0 Å². The highest BCUT2D eigenvalue weighted by atomic mass is 32.1. The van der Waals surface area contributed by atoms with Crippen LogP contribution in [0.5, 0.6) is 0 Å². The van der Waals surface area contributed by atoms with Crippen LogP contribution in [0.3, 0.4) is 0 Å². The number of carbonyl (C=O) groups excluding carboxylic acids is 2. The summed E-state index contributed by atoms with van der Waals surface area (Å²) in [6.07, 6.45) is 0.161. The second-order valence-corrected chi connectivity index (χ2v) is 5.88. The molecular formula is C13H16O4S. The zero-order valence-corrected chi connectivity index (χ0v) is 11.3. The lowest BCUT2D eigenvalue weighted by Crippen LogP contribution is -2.35. The van der Waals surface area contributed by atoms with E-state index in [1.807, 2.05) is 30.7 Å². The third kappa shape index (κ3) is 2.90.